The van der Waals surface area contributed by atoms with Crippen LogP contribution in [-0.2, 0) is 0 Å². The van der Waals surface area contributed by atoms with Gasteiger partial charge in [0.2, 0.25) is 5.88 Å². The van der Waals surface area contributed by atoms with E-state index in [4.69, 9.17) is 4.74 Å². The number of carbonyl (C=O) groups excluding carboxylic acids is 1. The fourth-order valence-corrected chi connectivity index (χ4v) is 3.94. The number of hydrogen-bond donors (Lipinski definition) is 1. The average molecular weight is 396 g/mol. The van der Waals surface area contributed by atoms with Crippen molar-refractivity contribution in [3.8, 4) is 11.6 Å². The molecule has 2 aliphatic rings. The van der Waals surface area contributed by atoms with E-state index >= 15 is 0 Å². The first-order valence-electron chi connectivity index (χ1n) is 10.5. The third-order valence-corrected chi connectivity index (χ3v) is 5.69. The number of aryl methyl sites for hydroxylation is 1. The predicted molar refractivity (Wildman–Crippen MR) is 112 cm³/mol. The molecule has 0 spiro atoms. The molecule has 0 bridgehead atoms. The van der Waals surface area contributed by atoms with Crippen molar-refractivity contribution in [3.63, 3.8) is 0 Å². The van der Waals surface area contributed by atoms with Crippen LogP contribution >= 0.6 is 0 Å². The van der Waals surface area contributed by atoms with E-state index in [1.165, 1.54) is 31.2 Å². The number of ether oxygens (including phenoxy) is 1. The van der Waals surface area contributed by atoms with E-state index in [-0.39, 0.29) is 6.03 Å². The normalized spacial score (nSPS) is 17.8. The highest BCUT2D eigenvalue weighted by molar-refractivity contribution is 5.75. The third kappa shape index (κ3) is 5.16. The summed E-state index contributed by atoms with van der Waals surface area (Å²) in [6.07, 6.45) is 7.48. The first-order valence-corrected chi connectivity index (χ1v) is 10.5. The number of aromatic nitrogens is 2. The Kier molecular flexibility index (Phi) is 6.12. The van der Waals surface area contributed by atoms with Crippen molar-refractivity contribution in [1.29, 1.82) is 0 Å². The van der Waals surface area contributed by atoms with Crippen molar-refractivity contribution in [2.24, 2.45) is 0 Å². The van der Waals surface area contributed by atoms with Crippen LogP contribution in [0, 0.1) is 6.92 Å². The van der Waals surface area contributed by atoms with Gasteiger partial charge in [-0.25, -0.2) is 14.8 Å². The van der Waals surface area contributed by atoms with Crippen molar-refractivity contribution in [3.05, 3.63) is 42.2 Å². The zero-order chi connectivity index (χ0) is 20.1. The minimum Gasteiger partial charge on any atom is -0.439 e. The summed E-state index contributed by atoms with van der Waals surface area (Å²) >= 11 is 0. The first kappa shape index (κ1) is 19.5. The fraction of sp³-hybridized carbons (Fsp3) is 0.500. The van der Waals surface area contributed by atoms with E-state index in [0.29, 0.717) is 25.0 Å². The number of benzene rings is 1. The van der Waals surface area contributed by atoms with Crippen LogP contribution in [0.25, 0.3) is 0 Å². The molecule has 154 valence electrons. The number of nitrogens with one attached hydrogen (secondary N) is 1. The van der Waals surface area contributed by atoms with Gasteiger partial charge < -0.3 is 19.9 Å². The maximum atomic E-state index is 12.5. The van der Waals surface area contributed by atoms with E-state index in [1.807, 2.05) is 42.2 Å². The summed E-state index contributed by atoms with van der Waals surface area (Å²) < 4.78 is 5.86. The molecule has 1 N–H and O–H groups in total. The van der Waals surface area contributed by atoms with Crippen molar-refractivity contribution in [2.75, 3.05) is 31.1 Å². The molecule has 2 heterocycles. The van der Waals surface area contributed by atoms with E-state index in [0.717, 1.165) is 37.5 Å². The molecule has 1 aliphatic heterocycles. The topological polar surface area (TPSA) is 70.6 Å². The van der Waals surface area contributed by atoms with Gasteiger partial charge in [-0.15, -0.1) is 0 Å². The number of carbonyl (C=O) groups is 1. The monoisotopic (exact) mass is 395 g/mol. The second kappa shape index (κ2) is 9.11. The Morgan fingerprint density at radius 2 is 1.76 bits per heavy atom. The van der Waals surface area contributed by atoms with Gasteiger partial charge in [0.15, 0.2) is 0 Å². The number of amides is 2. The maximum absolute atomic E-state index is 12.5. The number of urea groups is 1. The second-order valence-corrected chi connectivity index (χ2v) is 7.89. The average Bonchev–Trinajstić information content (AvgIpc) is 2.76. The van der Waals surface area contributed by atoms with Crippen LogP contribution in [0.1, 0.15) is 37.7 Å². The summed E-state index contributed by atoms with van der Waals surface area (Å²) in [5.41, 5.74) is 1.19. The Morgan fingerprint density at radius 3 is 2.48 bits per heavy atom. The molecule has 4 rings (SSSR count). The molecule has 2 amide bonds. The molecule has 7 heteroatoms. The number of rotatable bonds is 4. The number of anilines is 1. The zero-order valence-electron chi connectivity index (χ0n) is 17.0. The van der Waals surface area contributed by atoms with E-state index in [9.17, 15) is 4.79 Å². The Hall–Kier alpha value is -2.83. The van der Waals surface area contributed by atoms with Crippen LogP contribution in [0.2, 0.25) is 0 Å². The van der Waals surface area contributed by atoms with Crippen molar-refractivity contribution in [2.45, 2.75) is 45.1 Å². The van der Waals surface area contributed by atoms with Crippen LogP contribution in [0.3, 0.4) is 0 Å². The lowest BCUT2D eigenvalue weighted by Crippen LogP contribution is -2.53. The molecule has 1 aromatic carbocycles. The maximum Gasteiger partial charge on any atom is 0.317 e. The van der Waals surface area contributed by atoms with Crippen LogP contribution in [0.5, 0.6) is 11.6 Å². The smallest absolute Gasteiger partial charge is 0.317 e. The fourth-order valence-electron chi connectivity index (χ4n) is 3.94. The number of hydrogen-bond acceptors (Lipinski definition) is 5. The molecule has 7 nitrogen and oxygen atoms in total. The largest absolute Gasteiger partial charge is 0.439 e. The SMILES string of the molecule is Cc1ccc(Oc2cc(N3CCN(C(=O)NC4CCCCC4)CC3)ncn2)cc1. The molecular weight excluding hydrogens is 366 g/mol. The Bertz CT molecular complexity index is 812. The second-order valence-electron chi connectivity index (χ2n) is 7.89. The summed E-state index contributed by atoms with van der Waals surface area (Å²) in [6.45, 7) is 4.92. The summed E-state index contributed by atoms with van der Waals surface area (Å²) in [4.78, 5) is 25.3. The summed E-state index contributed by atoms with van der Waals surface area (Å²) in [5, 5.41) is 3.21. The van der Waals surface area contributed by atoms with E-state index < -0.39 is 0 Å². The Morgan fingerprint density at radius 1 is 1.03 bits per heavy atom. The standard InChI is InChI=1S/C22H29N5O2/c1-17-7-9-19(10-8-17)29-21-15-20(23-16-24-21)26-11-13-27(14-12-26)22(28)25-18-5-3-2-4-6-18/h7-10,15-16,18H,2-6,11-14H2,1H3,(H,25,28). The van der Waals surface area contributed by atoms with Crippen LogP contribution in [0.4, 0.5) is 10.6 Å². The molecule has 0 atom stereocenters. The lowest BCUT2D eigenvalue weighted by Gasteiger charge is -2.36. The molecule has 0 radical (unpaired) electrons. The molecule has 2 aromatic rings. The number of piperazine rings is 1. The number of nitrogens with zero attached hydrogens (tertiary/aromatic N) is 4. The van der Waals surface area contributed by atoms with Gasteiger partial charge in [-0.1, -0.05) is 37.0 Å². The minimum atomic E-state index is 0.0719. The quantitative estimate of drug-likeness (QED) is 0.854. The van der Waals surface area contributed by atoms with E-state index in [2.05, 4.69) is 20.2 Å². The van der Waals surface area contributed by atoms with Gasteiger partial charge in [0.1, 0.15) is 17.9 Å². The highest BCUT2D eigenvalue weighted by Crippen LogP contribution is 2.23. The van der Waals surface area contributed by atoms with E-state index in [1.54, 1.807) is 0 Å². The Balaban J connectivity index is 1.31. The molecule has 1 saturated carbocycles. The molecule has 1 saturated heterocycles. The third-order valence-electron chi connectivity index (χ3n) is 5.69. The van der Waals surface area contributed by atoms with Crippen molar-refractivity contribution < 1.29 is 9.53 Å². The van der Waals surface area contributed by atoms with Crippen LogP contribution < -0.4 is 15.0 Å². The van der Waals surface area contributed by atoms with Gasteiger partial charge in [-0.05, 0) is 31.9 Å². The van der Waals surface area contributed by atoms with Crippen LogP contribution in [-0.4, -0.2) is 53.1 Å². The van der Waals surface area contributed by atoms with Crippen molar-refractivity contribution >= 4 is 11.8 Å². The predicted octanol–water partition coefficient (Wildman–Crippen LogP) is 3.74. The van der Waals surface area contributed by atoms with Gasteiger partial charge in [0.05, 0.1) is 0 Å². The molecule has 1 aliphatic carbocycles. The molecular formula is C22H29N5O2. The Labute approximate surface area is 172 Å². The lowest BCUT2D eigenvalue weighted by molar-refractivity contribution is 0.186. The molecule has 29 heavy (non-hydrogen) atoms. The summed E-state index contributed by atoms with van der Waals surface area (Å²) in [7, 11) is 0. The van der Waals surface area contributed by atoms with Gasteiger partial charge in [0.25, 0.3) is 0 Å². The summed E-state index contributed by atoms with van der Waals surface area (Å²) in [6, 6.07) is 10.2. The highest BCUT2D eigenvalue weighted by atomic mass is 16.5. The minimum absolute atomic E-state index is 0.0719. The van der Waals surface area contributed by atoms with Gasteiger partial charge in [-0.2, -0.15) is 0 Å². The van der Waals surface area contributed by atoms with Crippen LogP contribution in [0.15, 0.2) is 36.7 Å². The van der Waals surface area contributed by atoms with Gasteiger partial charge >= 0.3 is 6.03 Å². The van der Waals surface area contributed by atoms with Gasteiger partial charge in [-0.3, -0.25) is 0 Å². The highest BCUT2D eigenvalue weighted by Gasteiger charge is 2.24. The molecule has 1 aromatic heterocycles. The van der Waals surface area contributed by atoms with Crippen molar-refractivity contribution in [1.82, 2.24) is 20.2 Å². The molecule has 0 unspecified atom stereocenters. The summed E-state index contributed by atoms with van der Waals surface area (Å²) in [5.74, 6) is 2.11. The first-order chi connectivity index (χ1) is 14.2. The lowest BCUT2D eigenvalue weighted by atomic mass is 9.96. The van der Waals surface area contributed by atoms with Gasteiger partial charge in [0, 0.05) is 38.3 Å². The zero-order valence-corrected chi connectivity index (χ0v) is 17.0. The molecule has 2 fully saturated rings.